The molecule has 150 valence electrons. The van der Waals surface area contributed by atoms with Crippen LogP contribution in [0.2, 0.25) is 0 Å². The zero-order chi connectivity index (χ0) is 21.3. The molecule has 30 heavy (non-hydrogen) atoms. The van der Waals surface area contributed by atoms with Gasteiger partial charge in [0.05, 0.1) is 29.3 Å². The third-order valence-electron chi connectivity index (χ3n) is 4.98. The molecule has 1 aliphatic rings. The Hall–Kier alpha value is -3.92. The summed E-state index contributed by atoms with van der Waals surface area (Å²) in [7, 11) is 1.94. The Morgan fingerprint density at radius 1 is 1.27 bits per heavy atom. The number of fused-ring (bicyclic) bond motifs is 1. The number of terminal acetylenes is 1. The van der Waals surface area contributed by atoms with Gasteiger partial charge in [-0.05, 0) is 30.3 Å². The number of benzene rings is 1. The minimum absolute atomic E-state index is 0.142. The molecule has 0 spiro atoms. The van der Waals surface area contributed by atoms with Crippen LogP contribution in [-0.4, -0.2) is 34.4 Å². The van der Waals surface area contributed by atoms with E-state index in [2.05, 4.69) is 21.0 Å². The number of aliphatic imine (C=N–C) groups is 1. The molecule has 0 fully saturated rings. The summed E-state index contributed by atoms with van der Waals surface area (Å²) in [4.78, 5) is 15.8. The van der Waals surface area contributed by atoms with Crippen molar-refractivity contribution in [2.45, 2.75) is 19.8 Å². The standard InChI is InChI=1S/C23H22N6O/c1-5-15-9-10-18-16(12-15)21(17-8-6-7-11-25-17)26-13-19(29(18)4)20(24)23-27-22(14(2)3)28-30-23/h1,6-12,14H,13,24H2,2-4H3/b20-19-. The number of aromatic nitrogens is 3. The first kappa shape index (κ1) is 19.4. The number of anilines is 1. The largest absolute Gasteiger partial charge is 0.393 e. The fraction of sp³-hybridized carbons (Fsp3) is 0.217. The van der Waals surface area contributed by atoms with Crippen LogP contribution in [0.5, 0.6) is 0 Å². The number of rotatable bonds is 3. The number of likely N-dealkylation sites (N-methyl/N-ethyl adjacent to an activating group) is 1. The summed E-state index contributed by atoms with van der Waals surface area (Å²) in [6, 6.07) is 11.5. The van der Waals surface area contributed by atoms with Gasteiger partial charge in [0.1, 0.15) is 5.70 Å². The number of hydrogen-bond acceptors (Lipinski definition) is 7. The zero-order valence-corrected chi connectivity index (χ0v) is 17.1. The maximum atomic E-state index is 6.46. The smallest absolute Gasteiger partial charge is 0.275 e. The van der Waals surface area contributed by atoms with E-state index < -0.39 is 0 Å². The second-order valence-electron chi connectivity index (χ2n) is 7.29. The molecular formula is C23H22N6O. The van der Waals surface area contributed by atoms with Crippen LogP contribution >= 0.6 is 0 Å². The van der Waals surface area contributed by atoms with E-state index in [4.69, 9.17) is 21.7 Å². The molecule has 4 rings (SSSR count). The van der Waals surface area contributed by atoms with Crippen LogP contribution in [0.4, 0.5) is 5.69 Å². The molecule has 0 bridgehead atoms. The van der Waals surface area contributed by atoms with Crippen LogP contribution in [0.1, 0.15) is 48.3 Å². The number of benzodiazepines with no additional fused rings is 1. The summed E-state index contributed by atoms with van der Waals surface area (Å²) in [5.41, 5.74) is 11.7. The van der Waals surface area contributed by atoms with Gasteiger partial charge in [-0.25, -0.2) is 0 Å². The molecular weight excluding hydrogens is 376 g/mol. The van der Waals surface area contributed by atoms with Gasteiger partial charge in [0.2, 0.25) is 0 Å². The number of nitrogens with two attached hydrogens (primary N) is 1. The lowest BCUT2D eigenvalue weighted by Gasteiger charge is -2.23. The van der Waals surface area contributed by atoms with Gasteiger partial charge < -0.3 is 15.2 Å². The molecule has 3 aromatic rings. The molecule has 3 heterocycles. The van der Waals surface area contributed by atoms with Crippen LogP contribution in [-0.2, 0) is 0 Å². The van der Waals surface area contributed by atoms with E-state index in [0.717, 1.165) is 33.9 Å². The summed E-state index contributed by atoms with van der Waals surface area (Å²) in [6.45, 7) is 4.32. The van der Waals surface area contributed by atoms with Gasteiger partial charge in [-0.3, -0.25) is 9.98 Å². The van der Waals surface area contributed by atoms with Gasteiger partial charge >= 0.3 is 0 Å². The molecule has 0 aliphatic carbocycles. The lowest BCUT2D eigenvalue weighted by atomic mass is 10.0. The lowest BCUT2D eigenvalue weighted by molar-refractivity contribution is 0.397. The third-order valence-corrected chi connectivity index (χ3v) is 4.98. The average molecular weight is 398 g/mol. The van der Waals surface area contributed by atoms with E-state index in [1.54, 1.807) is 6.20 Å². The minimum atomic E-state index is 0.142. The first-order valence-electron chi connectivity index (χ1n) is 9.62. The molecule has 2 aromatic heterocycles. The molecule has 0 unspecified atom stereocenters. The zero-order valence-electron chi connectivity index (χ0n) is 17.1. The highest BCUT2D eigenvalue weighted by molar-refractivity contribution is 6.16. The van der Waals surface area contributed by atoms with Gasteiger partial charge in [0, 0.05) is 30.3 Å². The maximum Gasteiger partial charge on any atom is 0.275 e. The quantitative estimate of drug-likeness (QED) is 0.681. The summed E-state index contributed by atoms with van der Waals surface area (Å²) in [6.07, 6.45) is 7.39. The summed E-state index contributed by atoms with van der Waals surface area (Å²) < 4.78 is 5.41. The van der Waals surface area contributed by atoms with Crippen molar-refractivity contribution in [1.82, 2.24) is 15.1 Å². The minimum Gasteiger partial charge on any atom is -0.393 e. The van der Waals surface area contributed by atoms with E-state index in [0.29, 0.717) is 24.0 Å². The average Bonchev–Trinajstić information content (AvgIpc) is 3.22. The summed E-state index contributed by atoms with van der Waals surface area (Å²) in [5, 5.41) is 4.02. The molecule has 0 atom stereocenters. The van der Waals surface area contributed by atoms with Crippen molar-refractivity contribution < 1.29 is 4.52 Å². The maximum absolute atomic E-state index is 6.46. The van der Waals surface area contributed by atoms with Crippen LogP contribution in [0, 0.1) is 12.3 Å². The molecule has 0 saturated heterocycles. The van der Waals surface area contributed by atoms with E-state index in [-0.39, 0.29) is 5.92 Å². The molecule has 7 heteroatoms. The Bertz CT molecular complexity index is 1180. The van der Waals surface area contributed by atoms with Crippen molar-refractivity contribution in [2.75, 3.05) is 18.5 Å². The van der Waals surface area contributed by atoms with Crippen molar-refractivity contribution in [3.63, 3.8) is 0 Å². The van der Waals surface area contributed by atoms with Gasteiger partial charge in [-0.15, -0.1) is 6.42 Å². The Balaban J connectivity index is 1.89. The molecule has 0 saturated carbocycles. The second kappa shape index (κ2) is 7.84. The Morgan fingerprint density at radius 2 is 2.10 bits per heavy atom. The fourth-order valence-corrected chi connectivity index (χ4v) is 3.29. The topological polar surface area (TPSA) is 93.4 Å². The highest BCUT2D eigenvalue weighted by atomic mass is 16.5. The Morgan fingerprint density at radius 3 is 2.77 bits per heavy atom. The number of pyridine rings is 1. The number of hydrogen-bond donors (Lipinski definition) is 1. The van der Waals surface area contributed by atoms with E-state index in [1.165, 1.54) is 0 Å². The molecule has 7 nitrogen and oxygen atoms in total. The first-order valence-corrected chi connectivity index (χ1v) is 9.62. The van der Waals surface area contributed by atoms with E-state index in [9.17, 15) is 0 Å². The first-order chi connectivity index (χ1) is 14.5. The predicted molar refractivity (Wildman–Crippen MR) is 117 cm³/mol. The van der Waals surface area contributed by atoms with Gasteiger partial charge in [-0.2, -0.15) is 4.98 Å². The third kappa shape index (κ3) is 3.44. The SMILES string of the molecule is C#Cc1ccc2c(c1)C(c1ccccn1)=NC/C(=C(/N)c1nc(C(C)C)no1)N2C. The van der Waals surface area contributed by atoms with Crippen molar-refractivity contribution >= 4 is 17.1 Å². The summed E-state index contributed by atoms with van der Waals surface area (Å²) in [5.74, 6) is 3.74. The van der Waals surface area contributed by atoms with Crippen molar-refractivity contribution in [3.8, 4) is 12.3 Å². The Labute approximate surface area is 175 Å². The van der Waals surface area contributed by atoms with Crippen LogP contribution in [0.15, 0.2) is 57.8 Å². The Kier molecular flexibility index (Phi) is 5.07. The highest BCUT2D eigenvalue weighted by Crippen LogP contribution is 2.31. The van der Waals surface area contributed by atoms with Crippen molar-refractivity contribution in [3.05, 3.63) is 76.8 Å². The van der Waals surface area contributed by atoms with E-state index in [1.807, 2.05) is 62.2 Å². The normalized spacial score (nSPS) is 15.3. The monoisotopic (exact) mass is 398 g/mol. The lowest BCUT2D eigenvalue weighted by Crippen LogP contribution is -2.22. The summed E-state index contributed by atoms with van der Waals surface area (Å²) >= 11 is 0. The predicted octanol–water partition coefficient (Wildman–Crippen LogP) is 3.18. The van der Waals surface area contributed by atoms with Crippen LogP contribution < -0.4 is 10.6 Å². The van der Waals surface area contributed by atoms with Crippen LogP contribution in [0.25, 0.3) is 5.70 Å². The van der Waals surface area contributed by atoms with Crippen molar-refractivity contribution in [2.24, 2.45) is 10.7 Å². The second-order valence-corrected chi connectivity index (χ2v) is 7.29. The van der Waals surface area contributed by atoms with Gasteiger partial charge in [0.25, 0.3) is 5.89 Å². The molecule has 1 aliphatic heterocycles. The molecule has 0 radical (unpaired) electrons. The van der Waals surface area contributed by atoms with Gasteiger partial charge in [-0.1, -0.05) is 31.0 Å². The molecule has 0 amide bonds. The van der Waals surface area contributed by atoms with Crippen LogP contribution in [0.3, 0.4) is 0 Å². The van der Waals surface area contributed by atoms with Crippen molar-refractivity contribution in [1.29, 1.82) is 0 Å². The fourth-order valence-electron chi connectivity index (χ4n) is 3.29. The molecule has 1 aromatic carbocycles. The highest BCUT2D eigenvalue weighted by Gasteiger charge is 2.25. The van der Waals surface area contributed by atoms with E-state index >= 15 is 0 Å². The molecule has 2 N–H and O–H groups in total. The van der Waals surface area contributed by atoms with Gasteiger partial charge in [0.15, 0.2) is 5.82 Å². The number of nitrogens with zero attached hydrogens (tertiary/aromatic N) is 5.